The van der Waals surface area contributed by atoms with Crippen LogP contribution in [0.5, 0.6) is 0 Å². The first-order valence-electron chi connectivity index (χ1n) is 7.30. The van der Waals surface area contributed by atoms with Gasteiger partial charge in [-0.1, -0.05) is 45.2 Å². The molecule has 108 valence electrons. The van der Waals surface area contributed by atoms with Gasteiger partial charge in [-0.15, -0.1) is 0 Å². The maximum atomic E-state index is 6.17. The molecule has 1 unspecified atom stereocenters. The molecule has 0 aliphatic rings. The van der Waals surface area contributed by atoms with E-state index in [2.05, 4.69) is 60.8 Å². The molecule has 1 aromatic rings. The van der Waals surface area contributed by atoms with Crippen molar-refractivity contribution in [2.24, 2.45) is 5.92 Å². The summed E-state index contributed by atoms with van der Waals surface area (Å²) in [6.07, 6.45) is 4.86. The lowest BCUT2D eigenvalue weighted by Gasteiger charge is -2.24. The third-order valence-corrected chi connectivity index (χ3v) is 4.92. The first-order chi connectivity index (χ1) is 9.12. The normalized spacial score (nSPS) is 12.9. The van der Waals surface area contributed by atoms with E-state index < -0.39 is 0 Å². The maximum absolute atomic E-state index is 6.17. The molecule has 0 aromatic heterocycles. The van der Waals surface area contributed by atoms with Gasteiger partial charge in [0.05, 0.1) is 0 Å². The molecule has 0 spiro atoms. The van der Waals surface area contributed by atoms with E-state index in [-0.39, 0.29) is 0 Å². The fourth-order valence-electron chi connectivity index (χ4n) is 2.38. The van der Waals surface area contributed by atoms with Gasteiger partial charge < -0.3 is 5.32 Å². The lowest BCUT2D eigenvalue weighted by Crippen LogP contribution is -2.25. The van der Waals surface area contributed by atoms with Crippen molar-refractivity contribution in [2.45, 2.75) is 52.5 Å². The van der Waals surface area contributed by atoms with Gasteiger partial charge in [0.25, 0.3) is 0 Å². The molecule has 1 nitrogen and oxygen atoms in total. The molecule has 0 amide bonds. The van der Waals surface area contributed by atoms with Gasteiger partial charge in [-0.05, 0) is 71.7 Å². The predicted molar refractivity (Wildman–Crippen MR) is 93.9 cm³/mol. The highest BCUT2D eigenvalue weighted by molar-refractivity contribution is 14.1. The summed E-state index contributed by atoms with van der Waals surface area (Å²) < 4.78 is 1.31. The fourth-order valence-corrected chi connectivity index (χ4v) is 3.27. The summed E-state index contributed by atoms with van der Waals surface area (Å²) >= 11 is 8.58. The van der Waals surface area contributed by atoms with Crippen LogP contribution in [-0.4, -0.2) is 6.54 Å². The summed E-state index contributed by atoms with van der Waals surface area (Å²) in [6.45, 7) is 7.85. The Morgan fingerprint density at radius 3 is 2.47 bits per heavy atom. The molecule has 1 rings (SSSR count). The third-order valence-electron chi connectivity index (χ3n) is 3.70. The number of hydrogen-bond donors (Lipinski definition) is 1. The molecule has 1 N–H and O–H groups in total. The SMILES string of the molecule is CCCNC(CC(CC)CC)c1cc(Cl)ccc1I. The second-order valence-electron chi connectivity index (χ2n) is 5.09. The van der Waals surface area contributed by atoms with E-state index in [0.717, 1.165) is 23.9 Å². The average Bonchev–Trinajstić information content (AvgIpc) is 2.42. The van der Waals surface area contributed by atoms with Crippen LogP contribution in [0.15, 0.2) is 18.2 Å². The number of nitrogens with one attached hydrogen (secondary N) is 1. The molecule has 0 radical (unpaired) electrons. The molecular weight excluding hydrogens is 369 g/mol. The number of rotatable bonds is 8. The van der Waals surface area contributed by atoms with Crippen molar-refractivity contribution >= 4 is 34.2 Å². The minimum atomic E-state index is 0.426. The second-order valence-corrected chi connectivity index (χ2v) is 6.69. The van der Waals surface area contributed by atoms with E-state index >= 15 is 0 Å². The molecule has 0 fully saturated rings. The van der Waals surface area contributed by atoms with Gasteiger partial charge in [0.2, 0.25) is 0 Å². The Morgan fingerprint density at radius 1 is 1.21 bits per heavy atom. The van der Waals surface area contributed by atoms with Gasteiger partial charge in [-0.25, -0.2) is 0 Å². The molecule has 0 heterocycles. The highest BCUT2D eigenvalue weighted by Crippen LogP contribution is 2.30. The van der Waals surface area contributed by atoms with Crippen molar-refractivity contribution in [1.29, 1.82) is 0 Å². The zero-order valence-corrected chi connectivity index (χ0v) is 15.1. The fraction of sp³-hybridized carbons (Fsp3) is 0.625. The zero-order chi connectivity index (χ0) is 14.3. The molecule has 1 aromatic carbocycles. The van der Waals surface area contributed by atoms with Gasteiger partial charge in [0.1, 0.15) is 0 Å². The van der Waals surface area contributed by atoms with Crippen LogP contribution in [0.4, 0.5) is 0 Å². The molecule has 1 atom stereocenters. The number of halogens is 2. The maximum Gasteiger partial charge on any atom is 0.0410 e. The molecule has 0 aliphatic carbocycles. The minimum absolute atomic E-state index is 0.426. The van der Waals surface area contributed by atoms with Gasteiger partial charge in [0.15, 0.2) is 0 Å². The van der Waals surface area contributed by atoms with Gasteiger partial charge >= 0.3 is 0 Å². The Morgan fingerprint density at radius 2 is 1.89 bits per heavy atom. The summed E-state index contributed by atoms with van der Waals surface area (Å²) in [4.78, 5) is 0. The smallest absolute Gasteiger partial charge is 0.0410 e. The predicted octanol–water partition coefficient (Wildman–Crippen LogP) is 5.81. The Kier molecular flexibility index (Phi) is 8.35. The highest BCUT2D eigenvalue weighted by atomic mass is 127. The van der Waals surface area contributed by atoms with Gasteiger partial charge in [0, 0.05) is 14.6 Å². The molecule has 0 saturated heterocycles. The molecule has 0 saturated carbocycles. The van der Waals surface area contributed by atoms with Crippen LogP contribution in [0.25, 0.3) is 0 Å². The second kappa shape index (κ2) is 9.19. The van der Waals surface area contributed by atoms with Crippen molar-refractivity contribution < 1.29 is 0 Å². The van der Waals surface area contributed by atoms with Crippen LogP contribution in [0, 0.1) is 9.49 Å². The van der Waals surface area contributed by atoms with E-state index in [1.165, 1.54) is 28.4 Å². The summed E-state index contributed by atoms with van der Waals surface area (Å²) in [7, 11) is 0. The topological polar surface area (TPSA) is 12.0 Å². The molecule has 0 aliphatic heterocycles. The average molecular weight is 394 g/mol. The van der Waals surface area contributed by atoms with Crippen LogP contribution >= 0.6 is 34.2 Å². The van der Waals surface area contributed by atoms with Crippen molar-refractivity contribution in [3.8, 4) is 0 Å². The molecular formula is C16H25ClIN. The van der Waals surface area contributed by atoms with E-state index in [4.69, 9.17) is 11.6 Å². The van der Waals surface area contributed by atoms with Crippen LogP contribution < -0.4 is 5.32 Å². The van der Waals surface area contributed by atoms with Crippen molar-refractivity contribution in [3.63, 3.8) is 0 Å². The zero-order valence-electron chi connectivity index (χ0n) is 12.2. The van der Waals surface area contributed by atoms with E-state index in [1.54, 1.807) is 0 Å². The minimum Gasteiger partial charge on any atom is -0.310 e. The summed E-state index contributed by atoms with van der Waals surface area (Å²) in [5, 5.41) is 4.53. The van der Waals surface area contributed by atoms with E-state index in [1.807, 2.05) is 6.07 Å². The van der Waals surface area contributed by atoms with Crippen molar-refractivity contribution in [1.82, 2.24) is 5.32 Å². The van der Waals surface area contributed by atoms with E-state index in [0.29, 0.717) is 6.04 Å². The lowest BCUT2D eigenvalue weighted by atomic mass is 9.91. The Balaban J connectivity index is 2.91. The van der Waals surface area contributed by atoms with Crippen LogP contribution in [0.3, 0.4) is 0 Å². The largest absolute Gasteiger partial charge is 0.310 e. The lowest BCUT2D eigenvalue weighted by molar-refractivity contribution is 0.370. The monoisotopic (exact) mass is 393 g/mol. The van der Waals surface area contributed by atoms with Crippen molar-refractivity contribution in [2.75, 3.05) is 6.54 Å². The quantitative estimate of drug-likeness (QED) is 0.549. The van der Waals surface area contributed by atoms with E-state index in [9.17, 15) is 0 Å². The Labute approximate surface area is 136 Å². The van der Waals surface area contributed by atoms with Crippen LogP contribution in [0.2, 0.25) is 5.02 Å². The summed E-state index contributed by atoms with van der Waals surface area (Å²) in [5.74, 6) is 0.782. The van der Waals surface area contributed by atoms with Crippen LogP contribution in [0.1, 0.15) is 58.1 Å². The Hall–Kier alpha value is 0.200. The third kappa shape index (κ3) is 5.60. The van der Waals surface area contributed by atoms with Crippen molar-refractivity contribution in [3.05, 3.63) is 32.4 Å². The van der Waals surface area contributed by atoms with Gasteiger partial charge in [-0.3, -0.25) is 0 Å². The highest BCUT2D eigenvalue weighted by Gasteiger charge is 2.18. The van der Waals surface area contributed by atoms with Gasteiger partial charge in [-0.2, -0.15) is 0 Å². The first-order valence-corrected chi connectivity index (χ1v) is 8.76. The number of hydrogen-bond acceptors (Lipinski definition) is 1. The molecule has 19 heavy (non-hydrogen) atoms. The molecule has 0 bridgehead atoms. The Bertz CT molecular complexity index is 377. The number of benzene rings is 1. The summed E-state index contributed by atoms with van der Waals surface area (Å²) in [6, 6.07) is 6.64. The summed E-state index contributed by atoms with van der Waals surface area (Å²) in [5.41, 5.74) is 1.36. The first kappa shape index (κ1) is 17.3. The standard InChI is InChI=1S/C16H25ClIN/c1-4-9-19-16(10-12(5-2)6-3)14-11-13(17)7-8-15(14)18/h7-8,11-12,16,19H,4-6,9-10H2,1-3H3. The van der Waals surface area contributed by atoms with Crippen LogP contribution in [-0.2, 0) is 0 Å². The molecule has 3 heteroatoms.